The molecular formula is C19H24N4O3. The lowest BCUT2D eigenvalue weighted by Crippen LogP contribution is -2.34. The second kappa shape index (κ2) is 7.68. The molecule has 2 aliphatic rings. The molecule has 2 aliphatic heterocycles. The molecule has 7 nitrogen and oxygen atoms in total. The third-order valence-electron chi connectivity index (χ3n) is 4.65. The van der Waals surface area contributed by atoms with Gasteiger partial charge < -0.3 is 24.4 Å². The van der Waals surface area contributed by atoms with Gasteiger partial charge >= 0.3 is 0 Å². The van der Waals surface area contributed by atoms with Gasteiger partial charge in [0.15, 0.2) is 11.5 Å². The van der Waals surface area contributed by atoms with Gasteiger partial charge in [-0.05, 0) is 30.9 Å². The predicted octanol–water partition coefficient (Wildman–Crippen LogP) is 2.93. The number of aromatic nitrogens is 2. The molecule has 0 radical (unpaired) electrons. The molecule has 0 aliphatic carbocycles. The van der Waals surface area contributed by atoms with Gasteiger partial charge in [-0.1, -0.05) is 6.92 Å². The first-order valence-corrected chi connectivity index (χ1v) is 9.11. The number of nitrogens with zero attached hydrogens (tertiary/aromatic N) is 3. The van der Waals surface area contributed by atoms with Crippen LogP contribution >= 0.6 is 0 Å². The average molecular weight is 356 g/mol. The first-order valence-electron chi connectivity index (χ1n) is 9.11. The zero-order valence-corrected chi connectivity index (χ0v) is 15.0. The van der Waals surface area contributed by atoms with E-state index in [-0.39, 0.29) is 6.79 Å². The van der Waals surface area contributed by atoms with Crippen LogP contribution in [0.1, 0.15) is 19.8 Å². The summed E-state index contributed by atoms with van der Waals surface area (Å²) in [5.74, 6) is 4.78. The maximum Gasteiger partial charge on any atom is 0.231 e. The van der Waals surface area contributed by atoms with Gasteiger partial charge in [-0.2, -0.15) is 0 Å². The fourth-order valence-corrected chi connectivity index (χ4v) is 3.33. The van der Waals surface area contributed by atoms with Crippen molar-refractivity contribution in [2.45, 2.75) is 19.8 Å². The lowest BCUT2D eigenvalue weighted by molar-refractivity contribution is 0.174. The molecule has 1 N–H and O–H groups in total. The van der Waals surface area contributed by atoms with Gasteiger partial charge in [0, 0.05) is 25.2 Å². The van der Waals surface area contributed by atoms with E-state index >= 15 is 0 Å². The van der Waals surface area contributed by atoms with Crippen molar-refractivity contribution in [1.29, 1.82) is 0 Å². The van der Waals surface area contributed by atoms with Crippen molar-refractivity contribution in [1.82, 2.24) is 9.97 Å². The second-order valence-electron chi connectivity index (χ2n) is 6.75. The molecule has 1 atom stereocenters. The summed E-state index contributed by atoms with van der Waals surface area (Å²) in [6.07, 6.45) is 4.14. The van der Waals surface area contributed by atoms with Crippen molar-refractivity contribution in [3.63, 3.8) is 0 Å². The molecule has 4 rings (SSSR count). The van der Waals surface area contributed by atoms with E-state index in [4.69, 9.17) is 14.2 Å². The molecular weight excluding hydrogens is 332 g/mol. The molecule has 0 bridgehead atoms. The highest BCUT2D eigenvalue weighted by atomic mass is 16.7. The molecule has 0 spiro atoms. The summed E-state index contributed by atoms with van der Waals surface area (Å²) in [6, 6.07) is 7.61. The van der Waals surface area contributed by atoms with E-state index in [9.17, 15) is 0 Å². The summed E-state index contributed by atoms with van der Waals surface area (Å²) in [7, 11) is 0. The highest BCUT2D eigenvalue weighted by molar-refractivity contribution is 5.49. The van der Waals surface area contributed by atoms with Gasteiger partial charge in [0.25, 0.3) is 0 Å². The molecule has 26 heavy (non-hydrogen) atoms. The number of hydrogen-bond acceptors (Lipinski definition) is 7. The maximum absolute atomic E-state index is 5.76. The zero-order chi connectivity index (χ0) is 17.8. The van der Waals surface area contributed by atoms with E-state index in [1.54, 1.807) is 6.33 Å². The Morgan fingerprint density at radius 1 is 1.23 bits per heavy atom. The first kappa shape index (κ1) is 16.8. The fraction of sp³-hybridized carbons (Fsp3) is 0.474. The van der Waals surface area contributed by atoms with Gasteiger partial charge in [-0.15, -0.1) is 0 Å². The number of nitrogens with one attached hydrogen (secondary N) is 1. The normalized spacial score (nSPS) is 18.7. The zero-order valence-electron chi connectivity index (χ0n) is 15.0. The number of piperidine rings is 1. The SMILES string of the molecule is CC1CCCN(c2cc(NCCOc3ccc4c(c3)OCO4)ncn2)C1. The van der Waals surface area contributed by atoms with Crippen molar-refractivity contribution in [2.24, 2.45) is 5.92 Å². The van der Waals surface area contributed by atoms with Crippen molar-refractivity contribution < 1.29 is 14.2 Å². The second-order valence-corrected chi connectivity index (χ2v) is 6.75. The summed E-state index contributed by atoms with van der Waals surface area (Å²) < 4.78 is 16.4. The van der Waals surface area contributed by atoms with Crippen LogP contribution in [-0.2, 0) is 0 Å². The van der Waals surface area contributed by atoms with E-state index in [0.717, 1.165) is 42.0 Å². The van der Waals surface area contributed by atoms with Gasteiger partial charge in [-0.3, -0.25) is 0 Å². The van der Waals surface area contributed by atoms with E-state index in [2.05, 4.69) is 27.1 Å². The summed E-state index contributed by atoms with van der Waals surface area (Å²) in [5.41, 5.74) is 0. The Hall–Kier alpha value is -2.70. The lowest BCUT2D eigenvalue weighted by Gasteiger charge is -2.31. The van der Waals surface area contributed by atoms with Crippen LogP contribution in [0, 0.1) is 5.92 Å². The number of ether oxygens (including phenoxy) is 3. The molecule has 1 aromatic carbocycles. The molecule has 2 aromatic rings. The Balaban J connectivity index is 1.27. The fourth-order valence-electron chi connectivity index (χ4n) is 3.33. The molecule has 1 unspecified atom stereocenters. The van der Waals surface area contributed by atoms with Gasteiger partial charge in [0.05, 0.1) is 6.54 Å². The topological polar surface area (TPSA) is 68.7 Å². The average Bonchev–Trinajstić information content (AvgIpc) is 3.13. The quantitative estimate of drug-likeness (QED) is 0.798. The summed E-state index contributed by atoms with van der Waals surface area (Å²) in [6.45, 7) is 5.87. The standard InChI is InChI=1S/C19H24N4O3/c1-14-3-2-7-23(11-14)19-10-18(21-12-22-19)20-6-8-24-15-4-5-16-17(9-15)26-13-25-16/h4-5,9-10,12,14H,2-3,6-8,11,13H2,1H3,(H,20,21,22). The molecule has 138 valence electrons. The number of rotatable bonds is 6. The van der Waals surface area contributed by atoms with Crippen molar-refractivity contribution >= 4 is 11.6 Å². The van der Waals surface area contributed by atoms with Crippen LogP contribution in [-0.4, -0.2) is 43.0 Å². The van der Waals surface area contributed by atoms with Crippen molar-refractivity contribution in [3.05, 3.63) is 30.6 Å². The van der Waals surface area contributed by atoms with E-state index in [1.807, 2.05) is 24.3 Å². The van der Waals surface area contributed by atoms with Crippen LogP contribution in [0.5, 0.6) is 17.2 Å². The largest absolute Gasteiger partial charge is 0.492 e. The highest BCUT2D eigenvalue weighted by Gasteiger charge is 2.18. The summed E-state index contributed by atoms with van der Waals surface area (Å²) in [5, 5.41) is 3.30. The van der Waals surface area contributed by atoms with E-state index in [0.29, 0.717) is 19.1 Å². The third-order valence-corrected chi connectivity index (χ3v) is 4.65. The van der Waals surface area contributed by atoms with Crippen LogP contribution in [0.15, 0.2) is 30.6 Å². The smallest absolute Gasteiger partial charge is 0.231 e. The van der Waals surface area contributed by atoms with Crippen LogP contribution in [0.3, 0.4) is 0 Å². The molecule has 1 aromatic heterocycles. The van der Waals surface area contributed by atoms with E-state index in [1.165, 1.54) is 12.8 Å². The number of anilines is 2. The third kappa shape index (κ3) is 3.92. The van der Waals surface area contributed by atoms with Crippen LogP contribution < -0.4 is 24.4 Å². The predicted molar refractivity (Wildman–Crippen MR) is 99.2 cm³/mol. The van der Waals surface area contributed by atoms with Crippen LogP contribution in [0.25, 0.3) is 0 Å². The number of fused-ring (bicyclic) bond motifs is 1. The first-order chi connectivity index (χ1) is 12.8. The Labute approximate surface area is 153 Å². The summed E-state index contributed by atoms with van der Waals surface area (Å²) in [4.78, 5) is 11.1. The number of hydrogen-bond donors (Lipinski definition) is 1. The molecule has 1 fully saturated rings. The maximum atomic E-state index is 5.76. The number of benzene rings is 1. The van der Waals surface area contributed by atoms with Gasteiger partial charge in [0.2, 0.25) is 6.79 Å². The van der Waals surface area contributed by atoms with Crippen molar-refractivity contribution in [3.8, 4) is 17.2 Å². The Morgan fingerprint density at radius 3 is 3.08 bits per heavy atom. The van der Waals surface area contributed by atoms with Gasteiger partial charge in [0.1, 0.15) is 30.3 Å². The summed E-state index contributed by atoms with van der Waals surface area (Å²) >= 11 is 0. The Bertz CT molecular complexity index is 755. The molecule has 7 heteroatoms. The minimum atomic E-state index is 0.270. The van der Waals surface area contributed by atoms with Crippen LogP contribution in [0.2, 0.25) is 0 Å². The minimum absolute atomic E-state index is 0.270. The molecule has 1 saturated heterocycles. The minimum Gasteiger partial charge on any atom is -0.492 e. The van der Waals surface area contributed by atoms with E-state index < -0.39 is 0 Å². The van der Waals surface area contributed by atoms with Crippen molar-refractivity contribution in [2.75, 3.05) is 43.3 Å². The Kier molecular flexibility index (Phi) is 4.95. The lowest BCUT2D eigenvalue weighted by atomic mass is 10.0. The molecule has 3 heterocycles. The monoisotopic (exact) mass is 356 g/mol. The molecule has 0 amide bonds. The van der Waals surface area contributed by atoms with Gasteiger partial charge in [-0.25, -0.2) is 9.97 Å². The molecule has 0 saturated carbocycles. The van der Waals surface area contributed by atoms with Crippen LogP contribution in [0.4, 0.5) is 11.6 Å². The Morgan fingerprint density at radius 2 is 2.15 bits per heavy atom. The highest BCUT2D eigenvalue weighted by Crippen LogP contribution is 2.35.